The summed E-state index contributed by atoms with van der Waals surface area (Å²) in [5, 5.41) is 41.2. The predicted octanol–water partition coefficient (Wildman–Crippen LogP) is -5.12. The number of hydrogen-bond donors (Lipinski definition) is 0. The Labute approximate surface area is 97.7 Å². The molecule has 0 aliphatic carbocycles. The van der Waals surface area contributed by atoms with Crippen LogP contribution in [0, 0.1) is 0 Å². The Morgan fingerprint density at radius 3 is 0.417 bits per heavy atom. The third-order valence-electron chi connectivity index (χ3n) is 0. The van der Waals surface area contributed by atoms with Crippen LogP contribution in [0.25, 0.3) is 0 Å². The second-order valence-electron chi connectivity index (χ2n) is 0. The third kappa shape index (κ3) is 1220. The van der Waals surface area contributed by atoms with Crippen molar-refractivity contribution in [2.24, 2.45) is 0 Å². The second kappa shape index (κ2) is 1610. The monoisotopic (exact) mass is 320 g/mol. The van der Waals surface area contributed by atoms with E-state index in [0.717, 1.165) is 35.5 Å². The molecule has 0 bridgehead atoms. The van der Waals surface area contributed by atoms with Crippen molar-refractivity contribution in [2.45, 2.75) is 0 Å². The molecule has 0 unspecified atom stereocenters. The van der Waals surface area contributed by atoms with E-state index < -0.39 is 0 Å². The average Bonchev–Trinajstić information content (AvgIpc) is 2.20. The van der Waals surface area contributed by atoms with Crippen LogP contribution in [0.15, 0.2) is 0 Å². The van der Waals surface area contributed by atoms with Gasteiger partial charge in [0.1, 0.15) is 0 Å². The molecule has 0 aliphatic heterocycles. The Kier molecular flexibility index (Phi) is 7010. The molecule has 84 valence electrons. The van der Waals surface area contributed by atoms with Crippen LogP contribution in [0.4, 0.5) is 0 Å². The van der Waals surface area contributed by atoms with Gasteiger partial charge in [-0.15, -0.1) is 0 Å². The molecular weight excluding hydrogens is 305 g/mol. The normalized spacial score (nSPS) is 2.50. The standard InChI is InChI=1S/5CH3O.Cu.Ru/c5*1-2;;/h5*1H3;;/q5*-1;+2;+3. The third-order valence-corrected chi connectivity index (χ3v) is 0. The molecule has 7 heteroatoms. The summed E-state index contributed by atoms with van der Waals surface area (Å²) in [5.74, 6) is 0. The van der Waals surface area contributed by atoms with Gasteiger partial charge in [-0.05, 0) is 0 Å². The Hall–Kier alpha value is 0.943. The minimum Gasteiger partial charge on any atom is -0.857 e. The molecule has 0 aromatic carbocycles. The topological polar surface area (TPSA) is 115 Å². The van der Waals surface area contributed by atoms with Crippen molar-refractivity contribution in [3.05, 3.63) is 0 Å². The molecule has 0 aromatic heterocycles. The first kappa shape index (κ1) is 52.3. The first-order chi connectivity index (χ1) is 5.00. The van der Waals surface area contributed by atoms with Crippen molar-refractivity contribution in [1.29, 1.82) is 0 Å². The van der Waals surface area contributed by atoms with Gasteiger partial charge in [0.15, 0.2) is 0 Å². The summed E-state index contributed by atoms with van der Waals surface area (Å²) >= 11 is 0. The van der Waals surface area contributed by atoms with Crippen molar-refractivity contribution in [1.82, 2.24) is 0 Å². The fraction of sp³-hybridized carbons (Fsp3) is 1.00. The van der Waals surface area contributed by atoms with E-state index in [-0.39, 0.29) is 36.5 Å². The van der Waals surface area contributed by atoms with E-state index in [1.165, 1.54) is 0 Å². The zero-order chi connectivity index (χ0) is 10.0. The summed E-state index contributed by atoms with van der Waals surface area (Å²) in [4.78, 5) is 0. The summed E-state index contributed by atoms with van der Waals surface area (Å²) in [6.45, 7) is 0. The van der Waals surface area contributed by atoms with Crippen LogP contribution in [0.3, 0.4) is 0 Å². The molecule has 0 amide bonds. The van der Waals surface area contributed by atoms with Crippen LogP contribution >= 0.6 is 0 Å². The quantitative estimate of drug-likeness (QED) is 0.414. The van der Waals surface area contributed by atoms with Crippen molar-refractivity contribution in [3.63, 3.8) is 0 Å². The number of rotatable bonds is 0. The Morgan fingerprint density at radius 1 is 0.417 bits per heavy atom. The molecule has 2 radical (unpaired) electrons. The van der Waals surface area contributed by atoms with Gasteiger partial charge < -0.3 is 25.5 Å². The molecule has 0 aliphatic rings. The molecule has 0 atom stereocenters. The second-order valence-corrected chi connectivity index (χ2v) is 0. The Morgan fingerprint density at radius 2 is 0.417 bits per heavy atom. The molecule has 0 saturated heterocycles. The molecule has 5 nitrogen and oxygen atoms in total. The minimum absolute atomic E-state index is 0. The van der Waals surface area contributed by atoms with Gasteiger partial charge >= 0.3 is 36.5 Å². The average molecular weight is 320 g/mol. The van der Waals surface area contributed by atoms with Gasteiger partial charge in [0.05, 0.1) is 0 Å². The van der Waals surface area contributed by atoms with Crippen LogP contribution < -0.4 is 25.5 Å². The summed E-state index contributed by atoms with van der Waals surface area (Å²) in [7, 11) is 3.75. The largest absolute Gasteiger partial charge is 3.00 e. The van der Waals surface area contributed by atoms with E-state index in [1.54, 1.807) is 0 Å². The van der Waals surface area contributed by atoms with Gasteiger partial charge in [-0.3, -0.25) is 0 Å². The maximum atomic E-state index is 8.25. The van der Waals surface area contributed by atoms with E-state index in [4.69, 9.17) is 25.5 Å². The summed E-state index contributed by atoms with van der Waals surface area (Å²) in [6.07, 6.45) is 0. The predicted molar refractivity (Wildman–Crippen MR) is 29.6 cm³/mol. The van der Waals surface area contributed by atoms with Crippen LogP contribution in [-0.4, -0.2) is 35.5 Å². The van der Waals surface area contributed by atoms with E-state index >= 15 is 0 Å². The Balaban J connectivity index is -0.00000000500. The van der Waals surface area contributed by atoms with E-state index in [0.29, 0.717) is 0 Å². The maximum Gasteiger partial charge on any atom is 3.00 e. The van der Waals surface area contributed by atoms with Gasteiger partial charge in [0, 0.05) is 0 Å². The van der Waals surface area contributed by atoms with Crippen molar-refractivity contribution < 1.29 is 62.1 Å². The van der Waals surface area contributed by atoms with Crippen LogP contribution in [-0.2, 0) is 36.5 Å². The SMILES string of the molecule is C[O-].C[O-].C[O-].C[O-].C[O-].[Cu+2].[Ru+3]. The molecule has 0 saturated carbocycles. The van der Waals surface area contributed by atoms with Gasteiger partial charge in [0.25, 0.3) is 0 Å². The van der Waals surface area contributed by atoms with E-state index in [2.05, 4.69) is 0 Å². The number of hydrogen-bond acceptors (Lipinski definition) is 5. The summed E-state index contributed by atoms with van der Waals surface area (Å²) in [5.41, 5.74) is 0. The molecular formula is C5H15CuO5Ru. The first-order valence-corrected chi connectivity index (χ1v) is 2.04. The molecule has 0 spiro atoms. The maximum absolute atomic E-state index is 8.25. The summed E-state index contributed by atoms with van der Waals surface area (Å²) < 4.78 is 0. The summed E-state index contributed by atoms with van der Waals surface area (Å²) in [6, 6.07) is 0. The fourth-order valence-corrected chi connectivity index (χ4v) is 0. The fourth-order valence-electron chi connectivity index (χ4n) is 0. The molecule has 0 rings (SSSR count). The van der Waals surface area contributed by atoms with Crippen LogP contribution in [0.2, 0.25) is 0 Å². The van der Waals surface area contributed by atoms with Crippen LogP contribution in [0.5, 0.6) is 0 Å². The molecule has 12 heavy (non-hydrogen) atoms. The molecule has 0 aromatic rings. The van der Waals surface area contributed by atoms with Gasteiger partial charge in [-0.1, -0.05) is 0 Å². The van der Waals surface area contributed by atoms with Gasteiger partial charge in [-0.25, -0.2) is 0 Å². The smallest absolute Gasteiger partial charge is 0.857 e. The first-order valence-electron chi connectivity index (χ1n) is 2.04. The van der Waals surface area contributed by atoms with Gasteiger partial charge in [0.2, 0.25) is 0 Å². The zero-order valence-corrected chi connectivity index (χ0v) is 10.4. The van der Waals surface area contributed by atoms with E-state index in [9.17, 15) is 0 Å². The van der Waals surface area contributed by atoms with Crippen LogP contribution in [0.1, 0.15) is 0 Å². The van der Waals surface area contributed by atoms with E-state index in [1.807, 2.05) is 0 Å². The minimum atomic E-state index is 0. The zero-order valence-electron chi connectivity index (χ0n) is 7.70. The van der Waals surface area contributed by atoms with Crippen molar-refractivity contribution >= 4 is 0 Å². The molecule has 0 heterocycles. The molecule has 0 N–H and O–H groups in total. The van der Waals surface area contributed by atoms with Crippen molar-refractivity contribution in [3.8, 4) is 0 Å². The molecule has 0 fully saturated rings. The Bertz CT molecular complexity index is 19.8. The van der Waals surface area contributed by atoms with Crippen molar-refractivity contribution in [2.75, 3.05) is 35.5 Å². The van der Waals surface area contributed by atoms with Gasteiger partial charge in [-0.2, -0.15) is 35.5 Å².